The molecule has 3 bridgehead atoms. The van der Waals surface area contributed by atoms with Crippen LogP contribution in [0.1, 0.15) is 81.5 Å². The summed E-state index contributed by atoms with van der Waals surface area (Å²) < 4.78 is 0. The fraction of sp³-hybridized carbons (Fsp3) is 0.622. The molecule has 8 atom stereocenters. The molecule has 6 nitrogen and oxygen atoms in total. The summed E-state index contributed by atoms with van der Waals surface area (Å²) in [7, 11) is 2.28. The number of quaternary nitrogens is 1. The van der Waals surface area contributed by atoms with E-state index in [9.17, 15) is 10.2 Å². The Morgan fingerprint density at radius 3 is 2.79 bits per heavy atom. The van der Waals surface area contributed by atoms with Gasteiger partial charge >= 0.3 is 0 Å². The van der Waals surface area contributed by atoms with Crippen molar-refractivity contribution >= 4 is 10.9 Å². The van der Waals surface area contributed by atoms with Gasteiger partial charge in [0.2, 0.25) is 0 Å². The molecule has 6 heteroatoms. The molecule has 0 saturated carbocycles. The Morgan fingerprint density at radius 1 is 1.00 bits per heavy atom. The lowest BCUT2D eigenvalue weighted by Gasteiger charge is -2.57. The lowest BCUT2D eigenvalue weighted by atomic mass is 9.54. The van der Waals surface area contributed by atoms with Crippen LogP contribution in [0.15, 0.2) is 54.2 Å². The molecule has 0 radical (unpaired) electrons. The predicted molar refractivity (Wildman–Crippen MR) is 172 cm³/mol. The summed E-state index contributed by atoms with van der Waals surface area (Å²) in [6.07, 6.45) is 24.6. The fourth-order valence-electron chi connectivity index (χ4n) is 10.8. The summed E-state index contributed by atoms with van der Waals surface area (Å²) in [5, 5.41) is 25.2. The van der Waals surface area contributed by atoms with E-state index in [-0.39, 0.29) is 17.5 Å². The molecule has 5 aliphatic heterocycles. The van der Waals surface area contributed by atoms with Crippen LogP contribution in [0.3, 0.4) is 0 Å². The maximum atomic E-state index is 13.2. The molecule has 0 amide bonds. The number of H-pyrrole nitrogens is 1. The number of para-hydroxylation sites is 1. The van der Waals surface area contributed by atoms with Crippen LogP contribution in [-0.2, 0) is 6.42 Å². The van der Waals surface area contributed by atoms with Crippen LogP contribution in [0, 0.1) is 11.3 Å². The predicted octanol–water partition coefficient (Wildman–Crippen LogP) is 4.67. The second-order valence-corrected chi connectivity index (χ2v) is 14.8. The lowest BCUT2D eigenvalue weighted by Crippen LogP contribution is -3.20. The number of aliphatic hydroxyl groups is 1. The third kappa shape index (κ3) is 4.50. The zero-order valence-electron chi connectivity index (χ0n) is 26.0. The fourth-order valence-corrected chi connectivity index (χ4v) is 10.8. The SMILES string of the molecule is CN1CCc2c([nH]c3c(O)cccc23)C1C1=C[C@@]2(O)CC/C=C\CCCCN3CC[C@@H]1[C@]1(C[C@@H]4/C=C\CCCC[NH+]4C12)C3. The van der Waals surface area contributed by atoms with Crippen molar-refractivity contribution in [3.05, 3.63) is 65.4 Å². The molecular weight excluding hydrogens is 532 g/mol. The van der Waals surface area contributed by atoms with Crippen molar-refractivity contribution in [1.82, 2.24) is 14.8 Å². The molecule has 2 aromatic rings. The number of likely N-dealkylation sites (N-methyl/N-ethyl adjacent to an activating group) is 1. The number of allylic oxidation sites excluding steroid dienone is 3. The topological polar surface area (TPSA) is 67.2 Å². The van der Waals surface area contributed by atoms with Crippen LogP contribution in [-0.4, -0.2) is 82.5 Å². The number of benzene rings is 1. The number of nitrogens with one attached hydrogen (secondary N) is 2. The minimum atomic E-state index is -0.850. The minimum absolute atomic E-state index is 0.0517. The molecule has 6 aliphatic rings. The number of aromatic amines is 1. The number of nitrogens with zero attached hydrogens (tertiary/aromatic N) is 2. The molecule has 1 aromatic carbocycles. The smallest absolute Gasteiger partial charge is 0.139 e. The molecule has 1 aliphatic carbocycles. The quantitative estimate of drug-likeness (QED) is 0.369. The van der Waals surface area contributed by atoms with Gasteiger partial charge in [0, 0.05) is 30.6 Å². The van der Waals surface area contributed by atoms with Crippen molar-refractivity contribution in [2.75, 3.05) is 39.8 Å². The number of fused-ring (bicyclic) bond motifs is 5. The Morgan fingerprint density at radius 2 is 1.86 bits per heavy atom. The summed E-state index contributed by atoms with van der Waals surface area (Å²) in [5.41, 5.74) is 4.11. The zero-order valence-corrected chi connectivity index (χ0v) is 26.0. The molecule has 4 unspecified atom stereocenters. The van der Waals surface area contributed by atoms with Crippen molar-refractivity contribution in [1.29, 1.82) is 0 Å². The Bertz CT molecular complexity index is 1460. The summed E-state index contributed by atoms with van der Waals surface area (Å²) in [6, 6.07) is 6.74. The number of phenolic OH excluding ortho intramolecular Hbond substituents is 1. The molecule has 4 N–H and O–H groups in total. The van der Waals surface area contributed by atoms with E-state index in [4.69, 9.17) is 0 Å². The van der Waals surface area contributed by atoms with Gasteiger partial charge in [-0.3, -0.25) is 4.90 Å². The van der Waals surface area contributed by atoms with E-state index in [1.54, 1.807) is 11.0 Å². The van der Waals surface area contributed by atoms with E-state index >= 15 is 0 Å². The average Bonchev–Trinajstić information content (AvgIpc) is 3.50. The van der Waals surface area contributed by atoms with Gasteiger partial charge in [-0.05, 0) is 120 Å². The van der Waals surface area contributed by atoms with E-state index in [0.717, 1.165) is 56.2 Å². The summed E-state index contributed by atoms with van der Waals surface area (Å²) >= 11 is 0. The second-order valence-electron chi connectivity index (χ2n) is 14.8. The zero-order chi connectivity index (χ0) is 29.2. The van der Waals surface area contributed by atoms with Gasteiger partial charge in [-0.25, -0.2) is 0 Å². The normalized spacial score (nSPS) is 41.4. The van der Waals surface area contributed by atoms with Crippen molar-refractivity contribution < 1.29 is 15.1 Å². The molecule has 230 valence electrons. The highest BCUT2D eigenvalue weighted by Gasteiger charge is 2.69. The lowest BCUT2D eigenvalue weighted by molar-refractivity contribution is -0.940. The van der Waals surface area contributed by atoms with E-state index < -0.39 is 5.60 Å². The van der Waals surface area contributed by atoms with E-state index in [2.05, 4.69) is 58.3 Å². The molecular formula is C37H51N4O2+. The Labute approximate surface area is 257 Å². The Hall–Kier alpha value is -2.38. The van der Waals surface area contributed by atoms with E-state index in [1.165, 1.54) is 74.9 Å². The maximum Gasteiger partial charge on any atom is 0.139 e. The van der Waals surface area contributed by atoms with Crippen molar-refractivity contribution in [2.24, 2.45) is 11.3 Å². The highest BCUT2D eigenvalue weighted by atomic mass is 16.3. The number of rotatable bonds is 1. The first kappa shape index (κ1) is 28.1. The molecule has 1 spiro atoms. The largest absolute Gasteiger partial charge is 0.506 e. The van der Waals surface area contributed by atoms with Crippen LogP contribution >= 0.6 is 0 Å². The van der Waals surface area contributed by atoms with Gasteiger partial charge in [0.15, 0.2) is 0 Å². The molecule has 6 heterocycles. The van der Waals surface area contributed by atoms with Crippen molar-refractivity contribution in [3.63, 3.8) is 0 Å². The number of aromatic hydroxyl groups is 1. The molecule has 43 heavy (non-hydrogen) atoms. The van der Waals surface area contributed by atoms with Crippen LogP contribution in [0.5, 0.6) is 5.75 Å². The highest BCUT2D eigenvalue weighted by Crippen LogP contribution is 2.58. The maximum absolute atomic E-state index is 13.2. The number of hydrogen-bond donors (Lipinski definition) is 4. The first-order chi connectivity index (χ1) is 21.0. The standard InChI is InChI=1S/C37H50N4O2/c1-39-21-16-28-27-14-12-15-31(42)32(27)38-33(28)34(39)29-24-37(43)18-9-5-2-3-6-10-19-40-22-17-30(29)36(25-40)23-26-13-8-4-7-11-20-41(26)35(36)37/h2,5,8,12-15,24,26,30,34-35,38,42-43H,3-4,6-7,9-11,16-23,25H2,1H3/p+1/b5-2-,13-8-/t26-,30-,34?,35?,36-,37-/m0/s1. The minimum Gasteiger partial charge on any atom is -0.506 e. The van der Waals surface area contributed by atoms with Gasteiger partial charge < -0.3 is 25.0 Å². The third-order valence-electron chi connectivity index (χ3n) is 12.4. The average molecular weight is 584 g/mol. The molecule has 8 rings (SSSR count). The second kappa shape index (κ2) is 10.9. The number of piperidine rings is 1. The monoisotopic (exact) mass is 583 g/mol. The Balaban J connectivity index is 1.32. The molecule has 2 fully saturated rings. The van der Waals surface area contributed by atoms with Gasteiger partial charge in [0.25, 0.3) is 0 Å². The van der Waals surface area contributed by atoms with Crippen LogP contribution in [0.4, 0.5) is 0 Å². The van der Waals surface area contributed by atoms with E-state index in [1.807, 2.05) is 6.07 Å². The Kier molecular flexibility index (Phi) is 7.13. The molecule has 1 aromatic heterocycles. The number of hydrogen-bond acceptors (Lipinski definition) is 4. The number of phenols is 1. The van der Waals surface area contributed by atoms with E-state index in [0.29, 0.717) is 17.7 Å². The van der Waals surface area contributed by atoms with Crippen LogP contribution in [0.2, 0.25) is 0 Å². The molecule has 2 saturated heterocycles. The number of aromatic nitrogens is 1. The summed E-state index contributed by atoms with van der Waals surface area (Å²) in [4.78, 5) is 10.7. The van der Waals surface area contributed by atoms with Gasteiger partial charge in [-0.1, -0.05) is 30.4 Å². The third-order valence-corrected chi connectivity index (χ3v) is 12.4. The van der Waals surface area contributed by atoms with Crippen LogP contribution in [0.25, 0.3) is 10.9 Å². The summed E-state index contributed by atoms with van der Waals surface area (Å²) in [6.45, 7) is 5.59. The van der Waals surface area contributed by atoms with Crippen molar-refractivity contribution in [3.8, 4) is 5.75 Å². The van der Waals surface area contributed by atoms with Crippen molar-refractivity contribution in [2.45, 2.75) is 94.4 Å². The first-order valence-corrected chi connectivity index (χ1v) is 17.4. The first-order valence-electron chi connectivity index (χ1n) is 17.4. The van der Waals surface area contributed by atoms with Crippen LogP contribution < -0.4 is 4.90 Å². The van der Waals surface area contributed by atoms with Gasteiger partial charge in [-0.2, -0.15) is 0 Å². The van der Waals surface area contributed by atoms with Gasteiger partial charge in [-0.15, -0.1) is 0 Å². The highest BCUT2D eigenvalue weighted by molar-refractivity contribution is 5.90. The summed E-state index contributed by atoms with van der Waals surface area (Å²) in [5.74, 6) is 0.780. The van der Waals surface area contributed by atoms with Gasteiger partial charge in [0.1, 0.15) is 23.4 Å². The van der Waals surface area contributed by atoms with Gasteiger partial charge in [0.05, 0.1) is 23.5 Å².